The third-order valence-corrected chi connectivity index (χ3v) is 4.35. The van der Waals surface area contributed by atoms with Crippen molar-refractivity contribution in [1.82, 2.24) is 5.32 Å². The molecule has 0 saturated carbocycles. The van der Waals surface area contributed by atoms with E-state index in [0.717, 1.165) is 0 Å². The summed E-state index contributed by atoms with van der Waals surface area (Å²) in [5.41, 5.74) is 6.16. The van der Waals surface area contributed by atoms with Crippen molar-refractivity contribution in [1.29, 1.82) is 0 Å². The Morgan fingerprint density at radius 2 is 1.76 bits per heavy atom. The number of methoxy groups -OCH3 is 1. The van der Waals surface area contributed by atoms with Crippen molar-refractivity contribution in [2.24, 2.45) is 5.73 Å². The van der Waals surface area contributed by atoms with E-state index >= 15 is 0 Å². The maximum atomic E-state index is 12.3. The lowest BCUT2D eigenvalue weighted by Crippen LogP contribution is -2.36. The monoisotopic (exact) mass is 419 g/mol. The van der Waals surface area contributed by atoms with Gasteiger partial charge < -0.3 is 25.8 Å². The van der Waals surface area contributed by atoms with Gasteiger partial charge in [-0.3, -0.25) is 9.59 Å². The number of rotatable bonds is 8. The molecule has 29 heavy (non-hydrogen) atoms. The van der Waals surface area contributed by atoms with Gasteiger partial charge in [0.1, 0.15) is 5.75 Å². The lowest BCUT2D eigenvalue weighted by Gasteiger charge is -2.20. The zero-order valence-electron chi connectivity index (χ0n) is 16.0. The fourth-order valence-corrected chi connectivity index (χ4v) is 2.88. The van der Waals surface area contributed by atoms with E-state index < -0.39 is 30.1 Å². The molecular weight excluding hydrogens is 398 g/mol. The van der Waals surface area contributed by atoms with Crippen LogP contribution in [0.2, 0.25) is 5.02 Å². The Hall–Kier alpha value is -3.26. The van der Waals surface area contributed by atoms with E-state index in [1.54, 1.807) is 48.5 Å². The Balaban J connectivity index is 2.02. The highest BCUT2D eigenvalue weighted by atomic mass is 35.5. The highest BCUT2D eigenvalue weighted by Crippen LogP contribution is 2.26. The van der Waals surface area contributed by atoms with E-state index in [0.29, 0.717) is 22.0 Å². The van der Waals surface area contributed by atoms with Crippen LogP contribution in [0.25, 0.3) is 0 Å². The highest BCUT2D eigenvalue weighted by molar-refractivity contribution is 6.31. The SMILES string of the molecule is COc1ccccc1NC(=O)[C@@H](C)OC(=O)C[C@@H](NC(N)=O)c1ccccc1Cl. The summed E-state index contributed by atoms with van der Waals surface area (Å²) < 4.78 is 10.4. The number of nitrogens with one attached hydrogen (secondary N) is 2. The molecule has 2 rings (SSSR count). The zero-order chi connectivity index (χ0) is 21.4. The zero-order valence-corrected chi connectivity index (χ0v) is 16.7. The van der Waals surface area contributed by atoms with Crippen molar-refractivity contribution >= 4 is 35.2 Å². The predicted octanol–water partition coefficient (Wildman–Crippen LogP) is 3.02. The summed E-state index contributed by atoms with van der Waals surface area (Å²) in [4.78, 5) is 36.0. The predicted molar refractivity (Wildman–Crippen MR) is 109 cm³/mol. The smallest absolute Gasteiger partial charge is 0.312 e. The quantitative estimate of drug-likeness (QED) is 0.568. The molecular formula is C20H22ClN3O5. The van der Waals surface area contributed by atoms with Gasteiger partial charge in [0.05, 0.1) is 25.3 Å². The Kier molecular flexibility index (Phi) is 7.85. The van der Waals surface area contributed by atoms with Crippen molar-refractivity contribution in [3.63, 3.8) is 0 Å². The average molecular weight is 420 g/mol. The van der Waals surface area contributed by atoms with Crippen molar-refractivity contribution in [3.05, 3.63) is 59.1 Å². The molecule has 3 amide bonds. The van der Waals surface area contributed by atoms with Gasteiger partial charge in [-0.05, 0) is 30.7 Å². The summed E-state index contributed by atoms with van der Waals surface area (Å²) >= 11 is 6.14. The normalized spacial score (nSPS) is 12.4. The maximum Gasteiger partial charge on any atom is 0.312 e. The van der Waals surface area contributed by atoms with Gasteiger partial charge in [0, 0.05) is 5.02 Å². The van der Waals surface area contributed by atoms with E-state index in [4.69, 9.17) is 26.8 Å². The van der Waals surface area contributed by atoms with Crippen LogP contribution >= 0.6 is 11.6 Å². The summed E-state index contributed by atoms with van der Waals surface area (Å²) in [6.45, 7) is 1.44. The minimum atomic E-state index is -1.08. The van der Waals surface area contributed by atoms with Crippen molar-refractivity contribution in [2.75, 3.05) is 12.4 Å². The number of hydrogen-bond acceptors (Lipinski definition) is 5. The number of carbonyl (C=O) groups excluding carboxylic acids is 3. The molecule has 0 bridgehead atoms. The van der Waals surface area contributed by atoms with E-state index in [-0.39, 0.29) is 6.42 Å². The first kappa shape index (κ1) is 22.0. The Morgan fingerprint density at radius 3 is 2.41 bits per heavy atom. The van der Waals surface area contributed by atoms with Crippen LogP contribution in [0.3, 0.4) is 0 Å². The topological polar surface area (TPSA) is 120 Å². The van der Waals surface area contributed by atoms with E-state index in [9.17, 15) is 14.4 Å². The third-order valence-electron chi connectivity index (χ3n) is 4.01. The highest BCUT2D eigenvalue weighted by Gasteiger charge is 2.24. The Morgan fingerprint density at radius 1 is 1.10 bits per heavy atom. The van der Waals surface area contributed by atoms with Gasteiger partial charge in [0.25, 0.3) is 5.91 Å². The molecule has 0 heterocycles. The van der Waals surface area contributed by atoms with Crippen LogP contribution in [-0.2, 0) is 14.3 Å². The number of benzene rings is 2. The summed E-state index contributed by atoms with van der Waals surface area (Å²) in [7, 11) is 1.48. The summed E-state index contributed by atoms with van der Waals surface area (Å²) in [5.74, 6) is -0.754. The largest absolute Gasteiger partial charge is 0.495 e. The van der Waals surface area contributed by atoms with Crippen molar-refractivity contribution < 1.29 is 23.9 Å². The first-order chi connectivity index (χ1) is 13.8. The molecule has 0 aliphatic rings. The second-order valence-corrected chi connectivity index (χ2v) is 6.52. The number of nitrogens with two attached hydrogens (primary N) is 1. The van der Waals surface area contributed by atoms with Crippen molar-refractivity contribution in [2.45, 2.75) is 25.5 Å². The molecule has 2 aromatic rings. The molecule has 0 spiro atoms. The van der Waals surface area contributed by atoms with Crippen LogP contribution in [0.15, 0.2) is 48.5 Å². The maximum absolute atomic E-state index is 12.3. The van der Waals surface area contributed by atoms with Gasteiger partial charge in [-0.25, -0.2) is 4.79 Å². The molecule has 8 nitrogen and oxygen atoms in total. The number of para-hydroxylation sites is 2. The van der Waals surface area contributed by atoms with Gasteiger partial charge in [0.15, 0.2) is 6.10 Å². The van der Waals surface area contributed by atoms with Gasteiger partial charge in [-0.15, -0.1) is 0 Å². The number of anilines is 1. The molecule has 0 fully saturated rings. The lowest BCUT2D eigenvalue weighted by molar-refractivity contribution is -0.153. The molecule has 2 atom stereocenters. The van der Waals surface area contributed by atoms with Crippen LogP contribution in [0, 0.1) is 0 Å². The fourth-order valence-electron chi connectivity index (χ4n) is 2.62. The van der Waals surface area contributed by atoms with E-state index in [1.165, 1.54) is 14.0 Å². The minimum Gasteiger partial charge on any atom is -0.495 e. The molecule has 0 saturated heterocycles. The number of halogens is 1. The van der Waals surface area contributed by atoms with Crippen molar-refractivity contribution in [3.8, 4) is 5.75 Å². The molecule has 9 heteroatoms. The van der Waals surface area contributed by atoms with Crippen LogP contribution in [0.1, 0.15) is 24.9 Å². The summed E-state index contributed by atoms with van der Waals surface area (Å²) in [6.07, 6.45) is -1.33. The number of esters is 1. The molecule has 0 aromatic heterocycles. The van der Waals surface area contributed by atoms with Crippen LogP contribution in [0.4, 0.5) is 10.5 Å². The van der Waals surface area contributed by atoms with Gasteiger partial charge >= 0.3 is 12.0 Å². The summed E-state index contributed by atoms with van der Waals surface area (Å²) in [6, 6.07) is 12.0. The first-order valence-electron chi connectivity index (χ1n) is 8.75. The number of primary amides is 1. The van der Waals surface area contributed by atoms with Gasteiger partial charge in [-0.2, -0.15) is 0 Å². The Labute approximate surface area is 173 Å². The molecule has 154 valence electrons. The number of carbonyl (C=O) groups is 3. The number of urea groups is 1. The Bertz CT molecular complexity index is 890. The lowest BCUT2D eigenvalue weighted by atomic mass is 10.0. The number of ether oxygens (including phenoxy) is 2. The minimum absolute atomic E-state index is 0.251. The van der Waals surface area contributed by atoms with Gasteiger partial charge in [0.2, 0.25) is 0 Å². The first-order valence-corrected chi connectivity index (χ1v) is 9.13. The number of amides is 3. The average Bonchev–Trinajstić information content (AvgIpc) is 2.67. The van der Waals surface area contributed by atoms with E-state index in [1.807, 2.05) is 0 Å². The number of hydrogen-bond donors (Lipinski definition) is 3. The fraction of sp³-hybridized carbons (Fsp3) is 0.250. The van der Waals surface area contributed by atoms with Crippen LogP contribution < -0.4 is 21.1 Å². The molecule has 4 N–H and O–H groups in total. The van der Waals surface area contributed by atoms with Crippen LogP contribution in [-0.4, -0.2) is 31.1 Å². The summed E-state index contributed by atoms with van der Waals surface area (Å²) in [5, 5.41) is 5.46. The molecule has 2 aromatic carbocycles. The molecule has 0 unspecified atom stereocenters. The van der Waals surface area contributed by atoms with E-state index in [2.05, 4.69) is 10.6 Å². The molecule has 0 radical (unpaired) electrons. The second kappa shape index (κ2) is 10.3. The van der Waals surface area contributed by atoms with Gasteiger partial charge in [-0.1, -0.05) is 41.9 Å². The van der Waals surface area contributed by atoms with Crippen LogP contribution in [0.5, 0.6) is 5.75 Å². The molecule has 0 aliphatic carbocycles. The standard InChI is InChI=1S/C20H22ClN3O5/c1-12(19(26)23-15-9-5-6-10-17(15)28-2)29-18(25)11-16(24-20(22)27)13-7-3-4-8-14(13)21/h3-10,12,16H,11H2,1-2H3,(H,23,26)(H3,22,24,27)/t12-,16-/m1/s1. The third kappa shape index (κ3) is 6.39. The second-order valence-electron chi connectivity index (χ2n) is 6.11. The molecule has 0 aliphatic heterocycles.